The Labute approximate surface area is 213 Å². The number of methoxy groups -OCH3 is 4. The van der Waals surface area contributed by atoms with Gasteiger partial charge in [0, 0.05) is 49.8 Å². The number of benzene rings is 2. The fourth-order valence-electron chi connectivity index (χ4n) is 4.79. The molecule has 0 N–H and O–H groups in total. The number of piperazine rings is 1. The molecule has 9 nitrogen and oxygen atoms in total. The lowest BCUT2D eigenvalue weighted by Gasteiger charge is -2.34. The first-order valence-corrected chi connectivity index (χ1v) is 12.3. The fraction of sp³-hybridized carbons (Fsp3) is 0.481. The minimum Gasteiger partial charge on any atom is -0.497 e. The lowest BCUT2D eigenvalue weighted by Crippen LogP contribution is -2.49. The zero-order valence-corrected chi connectivity index (χ0v) is 21.8. The van der Waals surface area contributed by atoms with E-state index in [2.05, 4.69) is 16.7 Å². The Morgan fingerprint density at radius 2 is 1.56 bits per heavy atom. The Hall–Kier alpha value is -3.30. The second-order valence-corrected chi connectivity index (χ2v) is 8.89. The molecule has 2 aromatic carbocycles. The minimum atomic E-state index is -0.293. The number of carbonyl (C=O) groups is 1. The molecule has 194 valence electrons. The molecule has 4 rings (SSSR count). The first-order valence-electron chi connectivity index (χ1n) is 12.3. The molecule has 0 bridgehead atoms. The quantitative estimate of drug-likeness (QED) is 0.528. The highest BCUT2D eigenvalue weighted by molar-refractivity contribution is 6.03. The Kier molecular flexibility index (Phi) is 8.32. The molecule has 0 unspecified atom stereocenters. The summed E-state index contributed by atoms with van der Waals surface area (Å²) >= 11 is 0. The van der Waals surface area contributed by atoms with Crippen LogP contribution >= 0.6 is 0 Å². The summed E-state index contributed by atoms with van der Waals surface area (Å²) in [7, 11) is 6.47. The maximum Gasteiger partial charge on any atom is 0.257 e. The third-order valence-corrected chi connectivity index (χ3v) is 6.95. The van der Waals surface area contributed by atoms with Crippen molar-refractivity contribution in [2.45, 2.75) is 19.4 Å². The molecular formula is C27H36N4O5. The molecule has 9 heteroatoms. The predicted molar refractivity (Wildman–Crippen MR) is 138 cm³/mol. The molecule has 1 fully saturated rings. The van der Waals surface area contributed by atoms with Gasteiger partial charge in [0.15, 0.2) is 11.5 Å². The van der Waals surface area contributed by atoms with Crippen molar-refractivity contribution in [2.75, 3.05) is 67.7 Å². The maximum absolute atomic E-state index is 13.6. The Morgan fingerprint density at radius 1 is 0.861 bits per heavy atom. The molecule has 0 aromatic heterocycles. The van der Waals surface area contributed by atoms with Crippen molar-refractivity contribution < 1.29 is 23.7 Å². The molecule has 0 aliphatic carbocycles. The number of hydrogen-bond donors (Lipinski definition) is 0. The van der Waals surface area contributed by atoms with Crippen molar-refractivity contribution >= 4 is 11.6 Å². The number of nitrogens with zero attached hydrogens (tertiary/aromatic N) is 4. The van der Waals surface area contributed by atoms with Gasteiger partial charge in [-0.3, -0.25) is 9.69 Å². The predicted octanol–water partition coefficient (Wildman–Crippen LogP) is 3.04. The highest BCUT2D eigenvalue weighted by Crippen LogP contribution is 2.40. The van der Waals surface area contributed by atoms with Crippen LogP contribution in [0.2, 0.25) is 0 Å². The van der Waals surface area contributed by atoms with Crippen LogP contribution in [-0.4, -0.2) is 94.1 Å². The highest BCUT2D eigenvalue weighted by atomic mass is 16.5. The second kappa shape index (κ2) is 11.6. The van der Waals surface area contributed by atoms with Gasteiger partial charge in [-0.15, -0.1) is 0 Å². The summed E-state index contributed by atoms with van der Waals surface area (Å²) in [6.07, 6.45) is 0.549. The van der Waals surface area contributed by atoms with Gasteiger partial charge >= 0.3 is 0 Å². The van der Waals surface area contributed by atoms with Crippen LogP contribution < -0.4 is 18.9 Å². The zero-order chi connectivity index (χ0) is 25.7. The van der Waals surface area contributed by atoms with Gasteiger partial charge in [-0.2, -0.15) is 5.10 Å². The zero-order valence-electron chi connectivity index (χ0n) is 21.8. The molecule has 0 spiro atoms. The standard InChI is InChI=1S/C27H36N4O5/c1-6-29-11-13-30(14-12-29)18-27(32)31-23(21-9-8-20(33-2)16-25(21)35-4)17-22(28-31)19-7-10-24(34-3)26(15-19)36-5/h7-10,15-16,23H,6,11-14,17-18H2,1-5H3/t23-/m1/s1. The fourth-order valence-corrected chi connectivity index (χ4v) is 4.79. The minimum absolute atomic E-state index is 0.0294. The summed E-state index contributed by atoms with van der Waals surface area (Å²) in [6.45, 7) is 7.22. The van der Waals surface area contributed by atoms with Crippen molar-refractivity contribution in [3.8, 4) is 23.0 Å². The Bertz CT molecular complexity index is 1100. The molecular weight excluding hydrogens is 460 g/mol. The van der Waals surface area contributed by atoms with Gasteiger partial charge in [-0.25, -0.2) is 5.01 Å². The van der Waals surface area contributed by atoms with Crippen LogP contribution in [0.5, 0.6) is 23.0 Å². The van der Waals surface area contributed by atoms with E-state index >= 15 is 0 Å². The number of hydrogen-bond acceptors (Lipinski definition) is 8. The molecule has 2 heterocycles. The van der Waals surface area contributed by atoms with Gasteiger partial charge < -0.3 is 23.8 Å². The Balaban J connectivity index is 1.64. The summed E-state index contributed by atoms with van der Waals surface area (Å²) in [5.74, 6) is 2.60. The molecule has 2 aliphatic heterocycles. The van der Waals surface area contributed by atoms with Crippen molar-refractivity contribution in [1.82, 2.24) is 14.8 Å². The molecule has 2 aliphatic rings. The van der Waals surface area contributed by atoms with Gasteiger partial charge in [0.25, 0.3) is 5.91 Å². The largest absolute Gasteiger partial charge is 0.497 e. The molecule has 36 heavy (non-hydrogen) atoms. The Morgan fingerprint density at radius 3 is 2.19 bits per heavy atom. The molecule has 0 radical (unpaired) electrons. The first kappa shape index (κ1) is 25.8. The third kappa shape index (κ3) is 5.42. The summed E-state index contributed by atoms with van der Waals surface area (Å²) in [5.41, 5.74) is 2.58. The molecule has 1 saturated heterocycles. The van der Waals surface area contributed by atoms with E-state index in [0.29, 0.717) is 36.0 Å². The lowest BCUT2D eigenvalue weighted by molar-refractivity contribution is -0.134. The van der Waals surface area contributed by atoms with Gasteiger partial charge in [0.2, 0.25) is 0 Å². The summed E-state index contributed by atoms with van der Waals surface area (Å²) in [4.78, 5) is 18.2. The molecule has 1 atom stereocenters. The van der Waals surface area contributed by atoms with E-state index in [-0.39, 0.29) is 11.9 Å². The SMILES string of the molecule is CCN1CCN(CC(=O)N2N=C(c3ccc(OC)c(OC)c3)C[C@@H]2c2ccc(OC)cc2OC)CC1. The summed E-state index contributed by atoms with van der Waals surface area (Å²) in [6, 6.07) is 11.1. The van der Waals surface area contributed by atoms with E-state index in [4.69, 9.17) is 24.0 Å². The van der Waals surface area contributed by atoms with Gasteiger partial charge in [0.1, 0.15) is 11.5 Å². The average Bonchev–Trinajstić information content (AvgIpc) is 3.38. The van der Waals surface area contributed by atoms with Crippen LogP contribution in [0, 0.1) is 0 Å². The number of ether oxygens (including phenoxy) is 4. The van der Waals surface area contributed by atoms with Gasteiger partial charge in [-0.1, -0.05) is 6.92 Å². The van der Waals surface area contributed by atoms with E-state index in [1.165, 1.54) is 0 Å². The van der Waals surface area contributed by atoms with E-state index in [9.17, 15) is 4.79 Å². The number of rotatable bonds is 9. The van der Waals surface area contributed by atoms with Gasteiger partial charge in [-0.05, 0) is 36.9 Å². The second-order valence-electron chi connectivity index (χ2n) is 8.89. The normalized spacial score (nSPS) is 18.6. The van der Waals surface area contributed by atoms with Crippen molar-refractivity contribution in [3.63, 3.8) is 0 Å². The van der Waals surface area contributed by atoms with Crippen molar-refractivity contribution in [1.29, 1.82) is 0 Å². The molecule has 1 amide bonds. The molecule has 2 aromatic rings. The number of carbonyl (C=O) groups excluding carboxylic acids is 1. The monoisotopic (exact) mass is 496 g/mol. The van der Waals surface area contributed by atoms with Gasteiger partial charge in [0.05, 0.1) is 46.7 Å². The van der Waals surface area contributed by atoms with Crippen LogP contribution in [-0.2, 0) is 4.79 Å². The lowest BCUT2D eigenvalue weighted by atomic mass is 9.97. The van der Waals surface area contributed by atoms with E-state index in [1.54, 1.807) is 33.4 Å². The van der Waals surface area contributed by atoms with Crippen LogP contribution in [0.15, 0.2) is 41.5 Å². The summed E-state index contributed by atoms with van der Waals surface area (Å²) in [5, 5.41) is 6.47. The summed E-state index contributed by atoms with van der Waals surface area (Å²) < 4.78 is 22.0. The third-order valence-electron chi connectivity index (χ3n) is 6.95. The van der Waals surface area contributed by atoms with Crippen LogP contribution in [0.25, 0.3) is 0 Å². The topological polar surface area (TPSA) is 76.1 Å². The van der Waals surface area contributed by atoms with Crippen molar-refractivity contribution in [2.24, 2.45) is 5.10 Å². The maximum atomic E-state index is 13.6. The van der Waals surface area contributed by atoms with E-state index in [1.807, 2.05) is 36.4 Å². The smallest absolute Gasteiger partial charge is 0.257 e. The molecule has 0 saturated carbocycles. The first-order chi connectivity index (χ1) is 17.5. The van der Waals surface area contributed by atoms with E-state index in [0.717, 1.165) is 49.6 Å². The highest BCUT2D eigenvalue weighted by Gasteiger charge is 2.36. The van der Waals surface area contributed by atoms with Crippen LogP contribution in [0.4, 0.5) is 0 Å². The van der Waals surface area contributed by atoms with E-state index < -0.39 is 0 Å². The van der Waals surface area contributed by atoms with Crippen LogP contribution in [0.3, 0.4) is 0 Å². The van der Waals surface area contributed by atoms with Crippen molar-refractivity contribution in [3.05, 3.63) is 47.5 Å². The van der Waals surface area contributed by atoms with Crippen LogP contribution in [0.1, 0.15) is 30.5 Å². The number of hydrazone groups is 1. The number of likely N-dealkylation sites (N-methyl/N-ethyl adjacent to an activating group) is 1. The average molecular weight is 497 g/mol. The number of amides is 1.